The Balaban J connectivity index is 1.63. The summed E-state index contributed by atoms with van der Waals surface area (Å²) in [6.45, 7) is 3.12. The van der Waals surface area contributed by atoms with E-state index in [1.165, 1.54) is 14.2 Å². The van der Waals surface area contributed by atoms with E-state index in [0.717, 1.165) is 28.2 Å². The molecule has 0 saturated carbocycles. The monoisotopic (exact) mass is 416 g/mol. The molecular weight excluding hydrogens is 388 g/mol. The molecule has 2 aliphatic rings. The topological polar surface area (TPSA) is 75.6 Å². The first-order valence-electron chi connectivity index (χ1n) is 9.93. The van der Waals surface area contributed by atoms with Crippen molar-refractivity contribution in [3.8, 4) is 28.7 Å². The molecule has 1 N–H and O–H groups in total. The Morgan fingerprint density at radius 3 is 1.43 bits per heavy atom. The minimum absolute atomic E-state index is 0.0160. The van der Waals surface area contributed by atoms with Gasteiger partial charge in [0.15, 0.2) is 11.5 Å². The Hall–Kier alpha value is -2.64. The fourth-order valence-corrected chi connectivity index (χ4v) is 4.58. The predicted octanol–water partition coefficient (Wildman–Crippen LogP) is 3.81. The minimum Gasteiger partial charge on any atom is -0.502 e. The van der Waals surface area contributed by atoms with Crippen LogP contribution in [0.15, 0.2) is 24.3 Å². The number of hydrogen-bond acceptors (Lipinski definition) is 7. The highest BCUT2D eigenvalue weighted by molar-refractivity contribution is 5.53. The van der Waals surface area contributed by atoms with Crippen molar-refractivity contribution in [1.29, 1.82) is 0 Å². The third-order valence-electron chi connectivity index (χ3n) is 6.20. The van der Waals surface area contributed by atoms with E-state index in [9.17, 15) is 5.11 Å². The summed E-state index contributed by atoms with van der Waals surface area (Å²) in [5, 5.41) is 10.2. The van der Waals surface area contributed by atoms with Crippen molar-refractivity contribution in [3.05, 3.63) is 41.0 Å². The number of aromatic hydroxyl groups is 1. The Labute approximate surface area is 176 Å². The van der Waals surface area contributed by atoms with Gasteiger partial charge in [0, 0.05) is 17.4 Å². The van der Waals surface area contributed by atoms with Gasteiger partial charge < -0.3 is 33.5 Å². The summed E-state index contributed by atoms with van der Waals surface area (Å²) in [6.07, 6.45) is -0.276. The standard InChI is InChI=1S/C23H28O7/c1-12-17(25-2)6-13(7-18(12)26-3)22-15-10-30-23(16(15)11-29-22)14-8-19(27-4)21(24)20(9-14)28-5/h6-9,15-16,22-24H,10-11H2,1-5H3/t15-,16-,22+,23+/m0/s1. The quantitative estimate of drug-likeness (QED) is 0.767. The molecule has 2 saturated heterocycles. The maximum atomic E-state index is 10.2. The summed E-state index contributed by atoms with van der Waals surface area (Å²) in [4.78, 5) is 0. The Morgan fingerprint density at radius 2 is 1.07 bits per heavy atom. The van der Waals surface area contributed by atoms with E-state index in [4.69, 9.17) is 28.4 Å². The molecule has 7 nitrogen and oxygen atoms in total. The molecule has 0 aromatic heterocycles. The zero-order valence-electron chi connectivity index (χ0n) is 17.9. The first kappa shape index (κ1) is 20.6. The molecule has 2 aliphatic heterocycles. The van der Waals surface area contributed by atoms with Crippen LogP contribution in [0.2, 0.25) is 0 Å². The highest BCUT2D eigenvalue weighted by atomic mass is 16.5. The maximum Gasteiger partial charge on any atom is 0.200 e. The third kappa shape index (κ3) is 3.32. The Bertz CT molecular complexity index is 800. The van der Waals surface area contributed by atoms with Gasteiger partial charge in [-0.25, -0.2) is 0 Å². The third-order valence-corrected chi connectivity index (χ3v) is 6.20. The van der Waals surface area contributed by atoms with E-state index in [1.807, 2.05) is 19.1 Å². The second-order valence-corrected chi connectivity index (χ2v) is 7.66. The largest absolute Gasteiger partial charge is 0.502 e. The van der Waals surface area contributed by atoms with Crippen LogP contribution in [0.4, 0.5) is 0 Å². The van der Waals surface area contributed by atoms with Gasteiger partial charge >= 0.3 is 0 Å². The molecular formula is C23H28O7. The van der Waals surface area contributed by atoms with Crippen LogP contribution in [0.5, 0.6) is 28.7 Å². The number of methoxy groups -OCH3 is 4. The van der Waals surface area contributed by atoms with Crippen molar-refractivity contribution in [2.24, 2.45) is 11.8 Å². The highest BCUT2D eigenvalue weighted by Crippen LogP contribution is 2.52. The smallest absolute Gasteiger partial charge is 0.200 e. The van der Waals surface area contributed by atoms with Gasteiger partial charge in [-0.3, -0.25) is 0 Å². The molecule has 4 atom stereocenters. The molecule has 0 spiro atoms. The first-order chi connectivity index (χ1) is 14.5. The molecule has 0 amide bonds. The van der Waals surface area contributed by atoms with Crippen LogP contribution in [0, 0.1) is 18.8 Å². The summed E-state index contributed by atoms with van der Waals surface area (Å²) in [6, 6.07) is 7.64. The zero-order chi connectivity index (χ0) is 21.4. The lowest BCUT2D eigenvalue weighted by molar-refractivity contribution is 0.0190. The van der Waals surface area contributed by atoms with Crippen molar-refractivity contribution in [2.45, 2.75) is 19.1 Å². The summed E-state index contributed by atoms with van der Waals surface area (Å²) >= 11 is 0. The van der Waals surface area contributed by atoms with E-state index < -0.39 is 0 Å². The Morgan fingerprint density at radius 1 is 0.700 bits per heavy atom. The molecule has 30 heavy (non-hydrogen) atoms. The average Bonchev–Trinajstić information content (AvgIpc) is 3.36. The van der Waals surface area contributed by atoms with Crippen LogP contribution in [0.1, 0.15) is 28.9 Å². The zero-order valence-corrected chi connectivity index (χ0v) is 17.9. The lowest BCUT2D eigenvalue weighted by Crippen LogP contribution is -2.15. The van der Waals surface area contributed by atoms with Crippen LogP contribution >= 0.6 is 0 Å². The van der Waals surface area contributed by atoms with E-state index in [0.29, 0.717) is 24.7 Å². The first-order valence-corrected chi connectivity index (χ1v) is 9.93. The molecule has 2 aromatic carbocycles. The van der Waals surface area contributed by atoms with Gasteiger partial charge in [0.05, 0.1) is 53.9 Å². The molecule has 0 radical (unpaired) electrons. The minimum atomic E-state index is -0.169. The molecule has 2 aromatic rings. The summed E-state index contributed by atoms with van der Waals surface area (Å²) in [5.74, 6) is 2.63. The van der Waals surface area contributed by atoms with Gasteiger partial charge in [0.25, 0.3) is 0 Å². The van der Waals surface area contributed by atoms with Crippen molar-refractivity contribution in [1.82, 2.24) is 0 Å². The average molecular weight is 416 g/mol. The van der Waals surface area contributed by atoms with E-state index >= 15 is 0 Å². The molecule has 0 bridgehead atoms. The van der Waals surface area contributed by atoms with Gasteiger partial charge in [-0.05, 0) is 42.3 Å². The highest BCUT2D eigenvalue weighted by Gasteiger charge is 2.48. The van der Waals surface area contributed by atoms with E-state index in [-0.39, 0.29) is 29.8 Å². The van der Waals surface area contributed by atoms with Crippen LogP contribution < -0.4 is 18.9 Å². The lowest BCUT2D eigenvalue weighted by Gasteiger charge is -2.20. The summed E-state index contributed by atoms with van der Waals surface area (Å²) in [7, 11) is 6.35. The molecule has 4 rings (SSSR count). The van der Waals surface area contributed by atoms with Crippen LogP contribution in [0.3, 0.4) is 0 Å². The molecule has 0 unspecified atom stereocenters. The van der Waals surface area contributed by atoms with Crippen molar-refractivity contribution < 1.29 is 33.5 Å². The van der Waals surface area contributed by atoms with Gasteiger partial charge in [-0.15, -0.1) is 0 Å². The summed E-state index contributed by atoms with van der Waals surface area (Å²) < 4.78 is 34.1. The van der Waals surface area contributed by atoms with Gasteiger partial charge in [0.1, 0.15) is 11.5 Å². The fraction of sp³-hybridized carbons (Fsp3) is 0.478. The van der Waals surface area contributed by atoms with E-state index in [2.05, 4.69) is 0 Å². The van der Waals surface area contributed by atoms with Crippen molar-refractivity contribution >= 4 is 0 Å². The Kier molecular flexibility index (Phi) is 5.66. The number of hydrogen-bond donors (Lipinski definition) is 1. The van der Waals surface area contributed by atoms with Crippen LogP contribution in [0.25, 0.3) is 0 Å². The second kappa shape index (κ2) is 8.24. The SMILES string of the molecule is COc1cc([C@H]2OC[C@H]3[C@@H]2CO[C@@H]3c2cc(OC)c(O)c(OC)c2)cc(OC)c1C. The molecule has 162 valence electrons. The maximum absolute atomic E-state index is 10.2. The summed E-state index contributed by atoms with van der Waals surface area (Å²) in [5.41, 5.74) is 2.88. The fourth-order valence-electron chi connectivity index (χ4n) is 4.58. The van der Waals surface area contributed by atoms with Crippen LogP contribution in [-0.4, -0.2) is 46.8 Å². The molecule has 2 heterocycles. The van der Waals surface area contributed by atoms with Crippen molar-refractivity contribution in [2.75, 3.05) is 41.7 Å². The number of ether oxygens (including phenoxy) is 6. The number of benzene rings is 2. The number of phenolic OH excluding ortho intramolecular Hbond substituents is 1. The number of phenols is 1. The van der Waals surface area contributed by atoms with Gasteiger partial charge in [-0.2, -0.15) is 0 Å². The van der Waals surface area contributed by atoms with E-state index in [1.54, 1.807) is 26.4 Å². The number of fused-ring (bicyclic) bond motifs is 1. The van der Waals surface area contributed by atoms with Gasteiger partial charge in [0.2, 0.25) is 5.75 Å². The molecule has 0 aliphatic carbocycles. The van der Waals surface area contributed by atoms with Gasteiger partial charge in [-0.1, -0.05) is 0 Å². The number of rotatable bonds is 6. The predicted molar refractivity (Wildman–Crippen MR) is 110 cm³/mol. The van der Waals surface area contributed by atoms with Crippen molar-refractivity contribution in [3.63, 3.8) is 0 Å². The molecule has 7 heteroatoms. The normalized spacial score (nSPS) is 25.1. The molecule has 2 fully saturated rings. The second-order valence-electron chi connectivity index (χ2n) is 7.66. The van der Waals surface area contributed by atoms with Crippen LogP contribution in [-0.2, 0) is 9.47 Å². The lowest BCUT2D eigenvalue weighted by atomic mass is 9.84.